The van der Waals surface area contributed by atoms with Crippen molar-refractivity contribution in [1.29, 1.82) is 0 Å². The third-order valence-electron chi connectivity index (χ3n) is 2.42. The molecule has 3 heteroatoms. The molecule has 1 aliphatic rings. The Morgan fingerprint density at radius 1 is 1.31 bits per heavy atom. The van der Waals surface area contributed by atoms with Crippen LogP contribution in [0.15, 0.2) is 0 Å². The van der Waals surface area contributed by atoms with Crippen LogP contribution in [-0.2, 0) is 4.79 Å². The molecule has 0 bridgehead atoms. The molecule has 1 fully saturated rings. The molecule has 0 saturated carbocycles. The minimum atomic E-state index is 0. The van der Waals surface area contributed by atoms with Gasteiger partial charge in [-0.25, -0.2) is 10.0 Å². The third-order valence-corrected chi connectivity index (χ3v) is 2.42. The van der Waals surface area contributed by atoms with E-state index in [-0.39, 0.29) is 26.7 Å². The van der Waals surface area contributed by atoms with Crippen molar-refractivity contribution < 1.29 is 4.79 Å². The van der Waals surface area contributed by atoms with Crippen molar-refractivity contribution in [2.75, 3.05) is 20.6 Å². The van der Waals surface area contributed by atoms with Crippen LogP contribution in [0.1, 0.15) is 34.6 Å². The van der Waals surface area contributed by atoms with E-state index in [0.29, 0.717) is 0 Å². The van der Waals surface area contributed by atoms with Gasteiger partial charge in [0.05, 0.1) is 6.04 Å². The largest absolute Gasteiger partial charge is 0.298 e. The maximum Gasteiger partial charge on any atom is 0.148 e. The molecule has 0 aliphatic carbocycles. The van der Waals surface area contributed by atoms with Crippen LogP contribution < -0.4 is 0 Å². The van der Waals surface area contributed by atoms with Gasteiger partial charge in [-0.3, -0.25) is 4.79 Å². The van der Waals surface area contributed by atoms with Crippen LogP contribution in [0.5, 0.6) is 0 Å². The van der Waals surface area contributed by atoms with Gasteiger partial charge in [-0.1, -0.05) is 14.9 Å². The molecule has 0 spiro atoms. The lowest BCUT2D eigenvalue weighted by Gasteiger charge is -2.38. The molecule has 1 saturated heterocycles. The summed E-state index contributed by atoms with van der Waals surface area (Å²) in [6, 6.07) is 0.119. The van der Waals surface area contributed by atoms with Gasteiger partial charge < -0.3 is 0 Å². The van der Waals surface area contributed by atoms with Crippen LogP contribution in [-0.4, -0.2) is 42.5 Å². The van der Waals surface area contributed by atoms with E-state index in [4.69, 9.17) is 0 Å². The smallest absolute Gasteiger partial charge is 0.148 e. The number of hydrogen-bond donors (Lipinski definition) is 0. The summed E-state index contributed by atoms with van der Waals surface area (Å²) in [5, 5.41) is 4.14. The topological polar surface area (TPSA) is 23.6 Å². The lowest BCUT2D eigenvalue weighted by molar-refractivity contribution is -0.132. The number of hydrazine groups is 1. The molecule has 0 unspecified atom stereocenters. The molecule has 3 nitrogen and oxygen atoms in total. The van der Waals surface area contributed by atoms with Crippen LogP contribution in [0.4, 0.5) is 0 Å². The molecular weight excluding hydrogens is 164 g/mol. The molecule has 0 radical (unpaired) electrons. The highest BCUT2D eigenvalue weighted by Gasteiger charge is 2.25. The summed E-state index contributed by atoms with van der Waals surface area (Å²) in [4.78, 5) is 11.1. The molecule has 1 heterocycles. The van der Waals surface area contributed by atoms with Crippen molar-refractivity contribution in [3.05, 3.63) is 0 Å². The van der Waals surface area contributed by atoms with E-state index in [2.05, 4.69) is 5.01 Å². The first-order valence-electron chi connectivity index (χ1n) is 4.07. The van der Waals surface area contributed by atoms with E-state index < -0.39 is 0 Å². The normalized spacial score (nSPS) is 24.4. The van der Waals surface area contributed by atoms with Gasteiger partial charge in [-0.05, 0) is 19.8 Å². The van der Waals surface area contributed by atoms with Gasteiger partial charge in [-0.15, -0.1) is 0 Å². The fraction of sp³-hybridized carbons (Fsp3) is 0.900. The average molecular weight is 188 g/mol. The Kier molecular flexibility index (Phi) is 7.08. The van der Waals surface area contributed by atoms with Crippen molar-refractivity contribution >= 4 is 5.78 Å². The number of carbonyl (C=O) groups excluding carboxylic acids is 1. The molecule has 1 atom stereocenters. The first kappa shape index (κ1) is 15.1. The maximum atomic E-state index is 11.1. The lowest BCUT2D eigenvalue weighted by Crippen LogP contribution is -2.51. The van der Waals surface area contributed by atoms with E-state index >= 15 is 0 Å². The van der Waals surface area contributed by atoms with E-state index in [1.807, 2.05) is 19.1 Å². The van der Waals surface area contributed by atoms with Crippen LogP contribution >= 0.6 is 0 Å². The highest BCUT2D eigenvalue weighted by Crippen LogP contribution is 2.14. The van der Waals surface area contributed by atoms with Crippen LogP contribution in [0, 0.1) is 0 Å². The van der Waals surface area contributed by atoms with Gasteiger partial charge in [0.15, 0.2) is 0 Å². The van der Waals surface area contributed by atoms with Crippen molar-refractivity contribution in [2.24, 2.45) is 0 Å². The molecule has 1 rings (SSSR count). The summed E-state index contributed by atoms with van der Waals surface area (Å²) in [6.45, 7) is 2.74. The predicted molar refractivity (Wildman–Crippen MR) is 57.6 cm³/mol. The Labute approximate surface area is 82.7 Å². The summed E-state index contributed by atoms with van der Waals surface area (Å²) < 4.78 is 0. The lowest BCUT2D eigenvalue weighted by atomic mass is 10.1. The number of likely N-dealkylation sites (N-methyl/N-ethyl adjacent to an activating group) is 1. The molecule has 80 valence electrons. The molecule has 0 N–H and O–H groups in total. The second-order valence-corrected chi connectivity index (χ2v) is 3.22. The second kappa shape index (κ2) is 6.11. The van der Waals surface area contributed by atoms with Gasteiger partial charge in [0.1, 0.15) is 5.78 Å². The Morgan fingerprint density at radius 2 is 1.85 bits per heavy atom. The average Bonchev–Trinajstić information content (AvgIpc) is 1.94. The fourth-order valence-corrected chi connectivity index (χ4v) is 1.56. The quantitative estimate of drug-likeness (QED) is 0.627. The van der Waals surface area contributed by atoms with Gasteiger partial charge in [-0.2, -0.15) is 0 Å². The number of hydrogen-bond acceptors (Lipinski definition) is 3. The molecule has 0 aromatic heterocycles. The van der Waals surface area contributed by atoms with Crippen molar-refractivity contribution in [3.8, 4) is 0 Å². The Balaban J connectivity index is 0. The zero-order chi connectivity index (χ0) is 8.43. The number of ketones is 1. The van der Waals surface area contributed by atoms with Gasteiger partial charge in [0.25, 0.3) is 0 Å². The number of nitrogens with zero attached hydrogens (tertiary/aromatic N) is 2. The maximum absolute atomic E-state index is 11.1. The first-order valence-corrected chi connectivity index (χ1v) is 4.07. The number of rotatable bonds is 1. The minimum absolute atomic E-state index is 0. The van der Waals surface area contributed by atoms with Gasteiger partial charge in [0.2, 0.25) is 0 Å². The summed E-state index contributed by atoms with van der Waals surface area (Å²) in [5.74, 6) is 0.277. The summed E-state index contributed by atoms with van der Waals surface area (Å²) in [6.07, 6.45) is 2.14. The molecule has 13 heavy (non-hydrogen) atoms. The molecular formula is C10H24N2O. The van der Waals surface area contributed by atoms with E-state index in [9.17, 15) is 4.79 Å². The van der Waals surface area contributed by atoms with Crippen LogP contribution in [0.25, 0.3) is 0 Å². The molecule has 0 amide bonds. The van der Waals surface area contributed by atoms with Crippen LogP contribution in [0.2, 0.25) is 0 Å². The highest BCUT2D eigenvalue weighted by atomic mass is 16.1. The first-order chi connectivity index (χ1) is 5.13. The molecule has 0 aromatic carbocycles. The Hall–Kier alpha value is -0.410. The van der Waals surface area contributed by atoms with E-state index in [1.54, 1.807) is 6.92 Å². The monoisotopic (exact) mass is 188 g/mol. The zero-order valence-electron chi connectivity index (χ0n) is 7.50. The van der Waals surface area contributed by atoms with Gasteiger partial charge >= 0.3 is 0 Å². The number of Topliss-reactive ketones (excluding diaryl/α,β-unsaturated/α-hetero) is 1. The standard InChI is InChI=1S/C8H16N2O.2CH4/c1-7(11)8-5-4-6-9(2)10(8)3;;/h8H,4-6H2,1-3H3;2*1H4/t8-;;/m0../s1. The zero-order valence-corrected chi connectivity index (χ0v) is 7.50. The molecule has 0 aromatic rings. The SMILES string of the molecule is C.C.CC(=O)[C@@H]1CCCN(C)N1C. The number of carbonyl (C=O) groups is 1. The van der Waals surface area contributed by atoms with E-state index in [1.165, 1.54) is 0 Å². The third kappa shape index (κ3) is 3.44. The van der Waals surface area contributed by atoms with E-state index in [0.717, 1.165) is 19.4 Å². The minimum Gasteiger partial charge on any atom is -0.298 e. The van der Waals surface area contributed by atoms with Crippen LogP contribution in [0.3, 0.4) is 0 Å². The predicted octanol–water partition coefficient (Wildman–Crippen LogP) is 1.79. The summed E-state index contributed by atoms with van der Waals surface area (Å²) in [7, 11) is 4.00. The second-order valence-electron chi connectivity index (χ2n) is 3.22. The summed E-state index contributed by atoms with van der Waals surface area (Å²) in [5.41, 5.74) is 0. The fourth-order valence-electron chi connectivity index (χ4n) is 1.56. The van der Waals surface area contributed by atoms with Crippen molar-refractivity contribution in [3.63, 3.8) is 0 Å². The van der Waals surface area contributed by atoms with Gasteiger partial charge in [0, 0.05) is 20.6 Å². The summed E-state index contributed by atoms with van der Waals surface area (Å²) >= 11 is 0. The van der Waals surface area contributed by atoms with Crippen molar-refractivity contribution in [2.45, 2.75) is 40.7 Å². The Bertz CT molecular complexity index is 159. The van der Waals surface area contributed by atoms with Crippen molar-refractivity contribution in [1.82, 2.24) is 10.0 Å². The highest BCUT2D eigenvalue weighted by molar-refractivity contribution is 5.81. The molecule has 1 aliphatic heterocycles. The Morgan fingerprint density at radius 3 is 2.23 bits per heavy atom.